The molecule has 2 N–H and O–H groups in total. The molecule has 1 aliphatic carbocycles. The van der Waals surface area contributed by atoms with Gasteiger partial charge >= 0.3 is 0 Å². The van der Waals surface area contributed by atoms with Crippen molar-refractivity contribution in [2.45, 2.75) is 38.1 Å². The van der Waals surface area contributed by atoms with Crippen LogP contribution in [0.5, 0.6) is 11.5 Å². The number of carbonyl (C=O) groups is 2. The first-order chi connectivity index (χ1) is 17.9. The molecular formula is C28H31FN4O4. The molecule has 1 aromatic heterocycles. The average molecular weight is 507 g/mol. The molecule has 0 spiro atoms. The zero-order chi connectivity index (χ0) is 25.7. The van der Waals surface area contributed by atoms with Crippen LogP contribution < -0.4 is 10.1 Å². The second-order valence-corrected chi connectivity index (χ2v) is 10.7. The van der Waals surface area contributed by atoms with Crippen molar-refractivity contribution in [3.05, 3.63) is 53.5 Å². The van der Waals surface area contributed by atoms with E-state index in [1.165, 1.54) is 18.2 Å². The number of hydrogen-bond acceptors (Lipinski definition) is 5. The van der Waals surface area contributed by atoms with E-state index < -0.39 is 0 Å². The average Bonchev–Trinajstić information content (AvgIpc) is 3.28. The van der Waals surface area contributed by atoms with E-state index >= 15 is 0 Å². The molecule has 1 saturated heterocycles. The number of phenols is 1. The summed E-state index contributed by atoms with van der Waals surface area (Å²) < 4.78 is 20.7. The first-order valence-electron chi connectivity index (χ1n) is 13.0. The molecule has 194 valence electrons. The molecule has 0 bridgehead atoms. The summed E-state index contributed by atoms with van der Waals surface area (Å²) in [6, 6.07) is 7.93. The Morgan fingerprint density at radius 3 is 2.89 bits per heavy atom. The Hall–Kier alpha value is -3.62. The van der Waals surface area contributed by atoms with Crippen molar-refractivity contribution in [2.24, 2.45) is 24.8 Å². The van der Waals surface area contributed by atoms with Gasteiger partial charge in [0.25, 0.3) is 5.91 Å². The van der Waals surface area contributed by atoms with E-state index in [1.807, 2.05) is 4.90 Å². The number of aromatic nitrogens is 2. The third-order valence-electron chi connectivity index (χ3n) is 8.36. The molecule has 0 radical (unpaired) electrons. The topological polar surface area (TPSA) is 96.7 Å². The minimum absolute atomic E-state index is 0.00311. The van der Waals surface area contributed by atoms with E-state index in [4.69, 9.17) is 4.74 Å². The number of hydrogen-bond donors (Lipinski definition) is 2. The van der Waals surface area contributed by atoms with Gasteiger partial charge < -0.3 is 20.1 Å². The highest BCUT2D eigenvalue weighted by molar-refractivity contribution is 5.99. The van der Waals surface area contributed by atoms with Crippen molar-refractivity contribution in [3.8, 4) is 11.5 Å². The van der Waals surface area contributed by atoms with Gasteiger partial charge in [-0.3, -0.25) is 14.3 Å². The van der Waals surface area contributed by atoms with Crippen LogP contribution in [0.1, 0.15) is 41.6 Å². The second-order valence-electron chi connectivity index (χ2n) is 10.7. The summed E-state index contributed by atoms with van der Waals surface area (Å²) in [5, 5.41) is 18.6. The number of piperidine rings is 1. The molecule has 9 heteroatoms. The van der Waals surface area contributed by atoms with Crippen molar-refractivity contribution >= 4 is 22.7 Å². The summed E-state index contributed by atoms with van der Waals surface area (Å²) in [6.45, 7) is 1.62. The molecule has 2 amide bonds. The number of carbonyl (C=O) groups excluding carboxylic acids is 2. The predicted octanol–water partition coefficient (Wildman–Crippen LogP) is 3.42. The highest BCUT2D eigenvalue weighted by Crippen LogP contribution is 2.38. The third-order valence-corrected chi connectivity index (χ3v) is 8.36. The Morgan fingerprint density at radius 1 is 1.16 bits per heavy atom. The molecule has 37 heavy (non-hydrogen) atoms. The number of fused-ring (bicyclic) bond motifs is 3. The predicted molar refractivity (Wildman–Crippen MR) is 135 cm³/mol. The number of rotatable bonds is 3. The van der Waals surface area contributed by atoms with Gasteiger partial charge in [0.2, 0.25) is 5.91 Å². The number of phenolic OH excluding ortho intramolecular Hbond substituents is 1. The van der Waals surface area contributed by atoms with Gasteiger partial charge in [-0.05, 0) is 67.7 Å². The van der Waals surface area contributed by atoms with Gasteiger partial charge in [0, 0.05) is 43.2 Å². The molecular weight excluding hydrogens is 475 g/mol. The maximum absolute atomic E-state index is 13.4. The zero-order valence-electron chi connectivity index (χ0n) is 20.8. The first-order valence-corrected chi connectivity index (χ1v) is 13.0. The molecule has 4 atom stereocenters. The fraction of sp³-hybridized carbons (Fsp3) is 0.464. The van der Waals surface area contributed by atoms with Crippen LogP contribution in [-0.4, -0.2) is 57.3 Å². The highest BCUT2D eigenvalue weighted by Gasteiger charge is 2.38. The van der Waals surface area contributed by atoms with E-state index in [0.29, 0.717) is 48.2 Å². The maximum Gasteiger partial charge on any atom is 0.254 e. The number of benzene rings is 2. The molecule has 2 aromatic carbocycles. The highest BCUT2D eigenvalue weighted by atomic mass is 19.1. The van der Waals surface area contributed by atoms with E-state index in [0.717, 1.165) is 36.6 Å². The standard InChI is InChI=1S/C28H31FN4O4/c1-32-26-20(13-30-32)9-19(11-24(26)34)28(36)33-7-6-16-10-23(5-3-18(16)14-33)31-27(35)21-8-17-2-4-22(29)12-25(17)37-15-21/h2,4,9,11-13,16,18,21,23,34H,3,5-8,10,14-15H2,1H3,(H,31,35). The van der Waals surface area contributed by atoms with Crippen molar-refractivity contribution < 1.29 is 23.8 Å². The zero-order valence-corrected chi connectivity index (χ0v) is 20.8. The van der Waals surface area contributed by atoms with Crippen LogP contribution in [0.4, 0.5) is 4.39 Å². The van der Waals surface area contributed by atoms with Gasteiger partial charge in [-0.15, -0.1) is 0 Å². The first kappa shape index (κ1) is 23.8. The van der Waals surface area contributed by atoms with Gasteiger partial charge in [-0.25, -0.2) is 4.39 Å². The van der Waals surface area contributed by atoms with Crippen LogP contribution in [0.25, 0.3) is 10.9 Å². The largest absolute Gasteiger partial charge is 0.506 e. The normalized spacial score (nSPS) is 25.2. The molecule has 3 heterocycles. The Kier molecular flexibility index (Phi) is 6.01. The number of halogens is 1. The molecule has 2 fully saturated rings. The summed E-state index contributed by atoms with van der Waals surface area (Å²) in [5.41, 5.74) is 1.97. The second kappa shape index (κ2) is 9.36. The van der Waals surface area contributed by atoms with E-state index in [1.54, 1.807) is 30.1 Å². The summed E-state index contributed by atoms with van der Waals surface area (Å²) in [4.78, 5) is 28.1. The lowest BCUT2D eigenvalue weighted by Gasteiger charge is -2.44. The van der Waals surface area contributed by atoms with Crippen LogP contribution >= 0.6 is 0 Å². The molecule has 6 rings (SSSR count). The molecule has 4 unspecified atom stereocenters. The van der Waals surface area contributed by atoms with Crippen LogP contribution in [0.2, 0.25) is 0 Å². The smallest absolute Gasteiger partial charge is 0.254 e. The van der Waals surface area contributed by atoms with Crippen molar-refractivity contribution in [1.29, 1.82) is 0 Å². The summed E-state index contributed by atoms with van der Waals surface area (Å²) in [6.07, 6.45) is 5.86. The lowest BCUT2D eigenvalue weighted by molar-refractivity contribution is -0.127. The van der Waals surface area contributed by atoms with Crippen LogP contribution in [0, 0.1) is 23.6 Å². The number of nitrogens with zero attached hydrogens (tertiary/aromatic N) is 3. The fourth-order valence-corrected chi connectivity index (χ4v) is 6.37. The Labute approximate surface area is 214 Å². The van der Waals surface area contributed by atoms with Crippen molar-refractivity contribution in [3.63, 3.8) is 0 Å². The number of amides is 2. The van der Waals surface area contributed by atoms with Gasteiger partial charge in [0.1, 0.15) is 29.4 Å². The number of ether oxygens (including phenoxy) is 1. The summed E-state index contributed by atoms with van der Waals surface area (Å²) in [7, 11) is 1.76. The Balaban J connectivity index is 1.04. The quantitative estimate of drug-likeness (QED) is 0.568. The maximum atomic E-state index is 13.4. The van der Waals surface area contributed by atoms with Crippen LogP contribution in [-0.2, 0) is 18.3 Å². The summed E-state index contributed by atoms with van der Waals surface area (Å²) >= 11 is 0. The SMILES string of the molecule is Cn1ncc2cc(C(=O)N3CCC4CC(NC(=O)C5COc6cc(F)ccc6C5)CCC4C3)cc(O)c21. The number of likely N-dealkylation sites (tertiary alicyclic amines) is 1. The summed E-state index contributed by atoms with van der Waals surface area (Å²) in [5.74, 6) is 0.782. The number of aryl methyl sites for hydroxylation is 1. The Morgan fingerprint density at radius 2 is 2.03 bits per heavy atom. The van der Waals surface area contributed by atoms with Gasteiger partial charge in [-0.2, -0.15) is 5.10 Å². The van der Waals surface area contributed by atoms with Crippen LogP contribution in [0.3, 0.4) is 0 Å². The molecule has 2 aliphatic heterocycles. The molecule has 3 aliphatic rings. The fourth-order valence-electron chi connectivity index (χ4n) is 6.37. The lowest BCUT2D eigenvalue weighted by atomic mass is 9.73. The molecule has 8 nitrogen and oxygen atoms in total. The number of nitrogens with one attached hydrogen (secondary N) is 1. The van der Waals surface area contributed by atoms with Gasteiger partial charge in [0.05, 0.1) is 12.1 Å². The Bertz CT molecular complexity index is 1370. The van der Waals surface area contributed by atoms with Gasteiger partial charge in [0.15, 0.2) is 0 Å². The van der Waals surface area contributed by atoms with E-state index in [-0.39, 0.29) is 41.9 Å². The van der Waals surface area contributed by atoms with Gasteiger partial charge in [-0.1, -0.05) is 6.07 Å². The minimum Gasteiger partial charge on any atom is -0.506 e. The monoisotopic (exact) mass is 506 g/mol. The van der Waals surface area contributed by atoms with Crippen LogP contribution in [0.15, 0.2) is 36.5 Å². The van der Waals surface area contributed by atoms with Crippen molar-refractivity contribution in [2.75, 3.05) is 19.7 Å². The van der Waals surface area contributed by atoms with Crippen molar-refractivity contribution in [1.82, 2.24) is 20.0 Å². The third kappa shape index (κ3) is 4.51. The lowest BCUT2D eigenvalue weighted by Crippen LogP contribution is -2.50. The molecule has 1 saturated carbocycles. The number of aromatic hydroxyl groups is 1. The van der Waals surface area contributed by atoms with E-state index in [2.05, 4.69) is 10.4 Å². The van der Waals surface area contributed by atoms with E-state index in [9.17, 15) is 19.1 Å². The molecule has 3 aromatic rings. The minimum atomic E-state index is -0.334.